The van der Waals surface area contributed by atoms with Gasteiger partial charge < -0.3 is 9.47 Å². The van der Waals surface area contributed by atoms with Crippen LogP contribution in [0.5, 0.6) is 0 Å². The summed E-state index contributed by atoms with van der Waals surface area (Å²) in [5, 5.41) is 0. The minimum Gasteiger partial charge on any atom is -0.348 e. The van der Waals surface area contributed by atoms with Crippen LogP contribution in [0.3, 0.4) is 0 Å². The molecule has 3 atom stereocenters. The highest BCUT2D eigenvalue weighted by Crippen LogP contribution is 2.55. The van der Waals surface area contributed by atoms with Crippen molar-refractivity contribution in [3.63, 3.8) is 0 Å². The van der Waals surface area contributed by atoms with Gasteiger partial charge in [-0.2, -0.15) is 4.57 Å². The number of hydrogen-bond donors (Lipinski definition) is 0. The molecule has 0 spiro atoms. The molecule has 28 heavy (non-hydrogen) atoms. The highest BCUT2D eigenvalue weighted by Gasteiger charge is 2.65. The fourth-order valence-corrected chi connectivity index (χ4v) is 5.31. The van der Waals surface area contributed by atoms with E-state index < -0.39 is 16.0 Å². The Morgan fingerprint density at radius 1 is 0.964 bits per heavy atom. The fourth-order valence-electron chi connectivity index (χ4n) is 4.24. The van der Waals surface area contributed by atoms with Crippen molar-refractivity contribution >= 4 is 15.9 Å². The first kappa shape index (κ1) is 21.6. The van der Waals surface area contributed by atoms with Gasteiger partial charge in [-0.05, 0) is 19.4 Å². The van der Waals surface area contributed by atoms with E-state index in [0.717, 1.165) is 0 Å². The van der Waals surface area contributed by atoms with Gasteiger partial charge in [0.15, 0.2) is 11.9 Å². The zero-order valence-corrected chi connectivity index (χ0v) is 17.8. The summed E-state index contributed by atoms with van der Waals surface area (Å²) in [7, 11) is -4.94. The zero-order valence-electron chi connectivity index (χ0n) is 15.4. The molecule has 1 aromatic heterocycles. The monoisotopic (exact) mass is 473 g/mol. The van der Waals surface area contributed by atoms with Gasteiger partial charge in [-0.25, -0.2) is 18.6 Å². The molecular formula is C19H21BrClNO6. The van der Waals surface area contributed by atoms with E-state index in [0.29, 0.717) is 13.2 Å². The SMILES string of the molecule is CCOC1(OCC)C2c3ccccc3C(C1Br)[n+]1ccccc12.[O-][Cl+3]([O-])([O-])[O-]. The number of ether oxygens (including phenoxy) is 2. The largest absolute Gasteiger partial charge is 0.348 e. The maximum atomic E-state index is 8.49. The Kier molecular flexibility index (Phi) is 6.43. The van der Waals surface area contributed by atoms with Crippen molar-refractivity contribution in [1.82, 2.24) is 0 Å². The Morgan fingerprint density at radius 2 is 1.50 bits per heavy atom. The van der Waals surface area contributed by atoms with E-state index in [1.807, 2.05) is 13.8 Å². The van der Waals surface area contributed by atoms with E-state index >= 15 is 0 Å². The zero-order chi connectivity index (χ0) is 20.5. The lowest BCUT2D eigenvalue weighted by Crippen LogP contribution is -2.68. The third-order valence-electron chi connectivity index (χ3n) is 4.95. The lowest BCUT2D eigenvalue weighted by molar-refractivity contribution is -2.00. The van der Waals surface area contributed by atoms with Gasteiger partial charge in [0.25, 0.3) is 0 Å². The molecule has 0 saturated carbocycles. The average Bonchev–Trinajstić information content (AvgIpc) is 2.63. The summed E-state index contributed by atoms with van der Waals surface area (Å²) in [4.78, 5) is 0.0645. The molecule has 2 bridgehead atoms. The lowest BCUT2D eigenvalue weighted by Gasteiger charge is -2.50. The number of fused-ring (bicyclic) bond motifs is 1. The molecule has 0 fully saturated rings. The van der Waals surface area contributed by atoms with Gasteiger partial charge in [-0.1, -0.05) is 46.3 Å². The van der Waals surface area contributed by atoms with Crippen molar-refractivity contribution in [2.45, 2.75) is 36.4 Å². The van der Waals surface area contributed by atoms with Gasteiger partial charge in [0.1, 0.15) is 10.7 Å². The molecule has 2 aliphatic heterocycles. The molecule has 9 heteroatoms. The van der Waals surface area contributed by atoms with Gasteiger partial charge in [-0.15, -0.1) is 10.2 Å². The van der Waals surface area contributed by atoms with Crippen LogP contribution < -0.4 is 23.2 Å². The molecule has 0 saturated heterocycles. The number of alkyl halides is 1. The number of rotatable bonds is 4. The van der Waals surface area contributed by atoms with Crippen molar-refractivity contribution in [2.24, 2.45) is 0 Å². The van der Waals surface area contributed by atoms with Crippen molar-refractivity contribution in [3.8, 4) is 0 Å². The van der Waals surface area contributed by atoms with E-state index in [-0.39, 0.29) is 16.8 Å². The summed E-state index contributed by atoms with van der Waals surface area (Å²) in [5.74, 6) is -0.599. The number of halogens is 2. The number of hydrogen-bond acceptors (Lipinski definition) is 6. The second kappa shape index (κ2) is 8.33. The van der Waals surface area contributed by atoms with E-state index in [2.05, 4.69) is 69.2 Å². The predicted octanol–water partition coefficient (Wildman–Crippen LogP) is -1.20. The molecule has 3 unspecified atom stereocenters. The Balaban J connectivity index is 0.000000403. The molecule has 1 aliphatic carbocycles. The molecule has 3 aliphatic rings. The van der Waals surface area contributed by atoms with E-state index in [4.69, 9.17) is 28.1 Å². The number of pyridine rings is 1. The molecule has 3 heterocycles. The number of aromatic nitrogens is 1. The first-order chi connectivity index (χ1) is 13.2. The van der Waals surface area contributed by atoms with Gasteiger partial charge in [0.05, 0.1) is 0 Å². The smallest absolute Gasteiger partial charge is 0.204 e. The summed E-state index contributed by atoms with van der Waals surface area (Å²) in [5.41, 5.74) is 3.94. The summed E-state index contributed by atoms with van der Waals surface area (Å²) < 4.78 is 48.9. The highest BCUT2D eigenvalue weighted by atomic mass is 79.9. The van der Waals surface area contributed by atoms with E-state index in [1.165, 1.54) is 16.8 Å². The van der Waals surface area contributed by atoms with Crippen LogP contribution in [0.2, 0.25) is 0 Å². The second-order valence-electron chi connectivity index (χ2n) is 6.41. The first-order valence-corrected chi connectivity index (χ1v) is 11.0. The third-order valence-corrected chi connectivity index (χ3v) is 6.09. The Hall–Kier alpha value is -1.10. The maximum absolute atomic E-state index is 8.49. The molecule has 2 aromatic rings. The Morgan fingerprint density at radius 3 is 2.07 bits per heavy atom. The van der Waals surface area contributed by atoms with Crippen LogP contribution >= 0.6 is 15.9 Å². The third kappa shape index (κ3) is 3.83. The summed E-state index contributed by atoms with van der Waals surface area (Å²) >= 11 is 3.94. The average molecular weight is 475 g/mol. The normalized spacial score (nSPS) is 24.0. The molecule has 0 amide bonds. The molecular weight excluding hydrogens is 454 g/mol. The van der Waals surface area contributed by atoms with Gasteiger partial charge in [0, 0.05) is 30.9 Å². The highest BCUT2D eigenvalue weighted by molar-refractivity contribution is 9.09. The predicted molar refractivity (Wildman–Crippen MR) is 91.8 cm³/mol. The van der Waals surface area contributed by atoms with Crippen LogP contribution in [-0.2, 0) is 9.47 Å². The minimum absolute atomic E-state index is 0.0641. The summed E-state index contributed by atoms with van der Waals surface area (Å²) in [6.07, 6.45) is 2.17. The van der Waals surface area contributed by atoms with Crippen LogP contribution in [0.1, 0.15) is 42.6 Å². The maximum Gasteiger partial charge on any atom is 0.204 e. The molecule has 0 radical (unpaired) electrons. The van der Waals surface area contributed by atoms with Gasteiger partial charge >= 0.3 is 0 Å². The summed E-state index contributed by atoms with van der Waals surface area (Å²) in [6.45, 7) is 5.32. The van der Waals surface area contributed by atoms with Crippen LogP contribution in [-0.4, -0.2) is 23.8 Å². The molecule has 152 valence electrons. The lowest BCUT2D eigenvalue weighted by atomic mass is 9.70. The fraction of sp³-hybridized carbons (Fsp3) is 0.421. The van der Waals surface area contributed by atoms with Crippen LogP contribution in [0.25, 0.3) is 0 Å². The van der Waals surface area contributed by atoms with Gasteiger partial charge in [0.2, 0.25) is 11.8 Å². The van der Waals surface area contributed by atoms with Crippen molar-refractivity contribution < 1.29 is 42.9 Å². The Bertz CT molecular complexity index is 771. The van der Waals surface area contributed by atoms with Crippen LogP contribution in [0.4, 0.5) is 0 Å². The van der Waals surface area contributed by atoms with Gasteiger partial charge in [-0.3, -0.25) is 0 Å². The molecule has 1 aromatic carbocycles. The Labute approximate surface area is 174 Å². The first-order valence-electron chi connectivity index (χ1n) is 8.87. The molecule has 7 nitrogen and oxygen atoms in total. The minimum atomic E-state index is -4.94. The van der Waals surface area contributed by atoms with Crippen molar-refractivity contribution in [2.75, 3.05) is 13.2 Å². The summed E-state index contributed by atoms with van der Waals surface area (Å²) in [6, 6.07) is 15.2. The molecule has 5 rings (SSSR count). The van der Waals surface area contributed by atoms with Crippen LogP contribution in [0, 0.1) is 10.2 Å². The van der Waals surface area contributed by atoms with Crippen LogP contribution in [0.15, 0.2) is 48.7 Å². The van der Waals surface area contributed by atoms with E-state index in [9.17, 15) is 0 Å². The molecule has 0 N–H and O–H groups in total. The van der Waals surface area contributed by atoms with Crippen molar-refractivity contribution in [3.05, 3.63) is 65.5 Å². The number of nitrogens with zero attached hydrogens (tertiary/aromatic N) is 1. The second-order valence-corrected chi connectivity index (χ2v) is 8.15. The standard InChI is InChI=1S/C19H21BrNO2.ClHO4/c1-3-22-19(23-4-2)16-13-9-5-6-10-14(13)17(18(19)20)21-12-8-7-11-15(16)21;2-1(3,4)5/h5-12,16-18H,3-4H2,1-2H3;(H,2,3,4,5)/q+1;/p-1. The quantitative estimate of drug-likeness (QED) is 0.312. The van der Waals surface area contributed by atoms with Crippen molar-refractivity contribution in [1.29, 1.82) is 0 Å². The van der Waals surface area contributed by atoms with E-state index in [1.54, 1.807) is 0 Å². The number of benzene rings is 1. The topological polar surface area (TPSA) is 115 Å².